The van der Waals surface area contributed by atoms with Gasteiger partial charge in [0.05, 0.1) is 5.56 Å². The molecule has 0 aliphatic carbocycles. The average molecular weight is 311 g/mol. The maximum Gasteiger partial charge on any atom is 0.253 e. The number of pyridine rings is 1. The molecule has 0 saturated carbocycles. The molecule has 0 fully saturated rings. The first kappa shape index (κ1) is 16.7. The van der Waals surface area contributed by atoms with E-state index in [4.69, 9.17) is 0 Å². The van der Waals surface area contributed by atoms with Crippen LogP contribution in [-0.4, -0.2) is 22.8 Å². The Labute approximate surface area is 136 Å². The molecule has 1 aromatic heterocycles. The van der Waals surface area contributed by atoms with E-state index in [2.05, 4.69) is 15.6 Å². The van der Waals surface area contributed by atoms with Gasteiger partial charge in [0, 0.05) is 30.5 Å². The summed E-state index contributed by atoms with van der Waals surface area (Å²) in [5.41, 5.74) is 1.98. The zero-order chi connectivity index (χ0) is 16.7. The highest BCUT2D eigenvalue weighted by Gasteiger charge is 2.10. The van der Waals surface area contributed by atoms with Crippen LogP contribution in [0.2, 0.25) is 0 Å². The number of benzene rings is 1. The molecule has 0 aliphatic heterocycles. The van der Waals surface area contributed by atoms with Crippen LogP contribution < -0.4 is 10.6 Å². The number of carbonyl (C=O) groups excluding carboxylic acids is 2. The summed E-state index contributed by atoms with van der Waals surface area (Å²) in [4.78, 5) is 28.0. The van der Waals surface area contributed by atoms with E-state index in [9.17, 15) is 9.59 Å². The average Bonchev–Trinajstić information content (AvgIpc) is 2.60. The third kappa shape index (κ3) is 4.92. The van der Waals surface area contributed by atoms with Crippen molar-refractivity contribution in [2.24, 2.45) is 0 Å². The van der Waals surface area contributed by atoms with E-state index < -0.39 is 0 Å². The van der Waals surface area contributed by atoms with Crippen LogP contribution in [0.4, 0.5) is 0 Å². The van der Waals surface area contributed by atoms with Crippen molar-refractivity contribution in [3.8, 4) is 0 Å². The molecule has 2 aromatic rings. The molecule has 0 radical (unpaired) electrons. The first-order chi connectivity index (χ1) is 11.1. The number of rotatable bonds is 6. The van der Waals surface area contributed by atoms with E-state index >= 15 is 0 Å². The van der Waals surface area contributed by atoms with Crippen molar-refractivity contribution >= 4 is 11.8 Å². The standard InChI is InChI=1S/C18H21N3O2/c1-3-13(2)21-18(23)15-7-4-6-14(10-15)11-20-17(22)16-8-5-9-19-12-16/h4-10,12-13H,3,11H2,1-2H3,(H,20,22)(H,21,23)/t13-/m1/s1. The van der Waals surface area contributed by atoms with Crippen molar-refractivity contribution < 1.29 is 9.59 Å². The molecule has 1 atom stereocenters. The van der Waals surface area contributed by atoms with Crippen LogP contribution in [0.3, 0.4) is 0 Å². The topological polar surface area (TPSA) is 71.1 Å². The molecule has 0 aliphatic rings. The number of aromatic nitrogens is 1. The van der Waals surface area contributed by atoms with E-state index in [1.165, 1.54) is 6.20 Å². The summed E-state index contributed by atoms with van der Waals surface area (Å²) in [5.74, 6) is -0.285. The summed E-state index contributed by atoms with van der Waals surface area (Å²) in [6.45, 7) is 4.35. The predicted octanol–water partition coefficient (Wildman–Crippen LogP) is 2.54. The molecular weight excluding hydrogens is 290 g/mol. The molecule has 5 nitrogen and oxygen atoms in total. The quantitative estimate of drug-likeness (QED) is 0.861. The van der Waals surface area contributed by atoms with Gasteiger partial charge in [-0.15, -0.1) is 0 Å². The Hall–Kier alpha value is -2.69. The van der Waals surface area contributed by atoms with Gasteiger partial charge in [-0.05, 0) is 43.2 Å². The lowest BCUT2D eigenvalue weighted by atomic mass is 10.1. The minimum absolute atomic E-state index is 0.0974. The number of carbonyl (C=O) groups is 2. The van der Waals surface area contributed by atoms with E-state index in [1.807, 2.05) is 26.0 Å². The summed E-state index contributed by atoms with van der Waals surface area (Å²) in [6, 6.07) is 10.8. The van der Waals surface area contributed by atoms with Gasteiger partial charge < -0.3 is 10.6 Å². The lowest BCUT2D eigenvalue weighted by molar-refractivity contribution is 0.0936. The van der Waals surface area contributed by atoms with Gasteiger partial charge >= 0.3 is 0 Å². The van der Waals surface area contributed by atoms with Crippen molar-refractivity contribution in [3.63, 3.8) is 0 Å². The van der Waals surface area contributed by atoms with Crippen LogP contribution in [-0.2, 0) is 6.54 Å². The molecule has 2 N–H and O–H groups in total. The molecule has 5 heteroatoms. The summed E-state index contributed by atoms with van der Waals surface area (Å²) in [5, 5.41) is 5.75. The third-order valence-electron chi connectivity index (χ3n) is 3.56. The SMILES string of the molecule is CC[C@@H](C)NC(=O)c1cccc(CNC(=O)c2cccnc2)c1. The monoisotopic (exact) mass is 311 g/mol. The lowest BCUT2D eigenvalue weighted by Crippen LogP contribution is -2.32. The van der Waals surface area contributed by atoms with Crippen molar-refractivity contribution in [3.05, 3.63) is 65.5 Å². The first-order valence-corrected chi connectivity index (χ1v) is 7.68. The normalized spacial score (nSPS) is 11.6. The van der Waals surface area contributed by atoms with Crippen LogP contribution in [0.15, 0.2) is 48.8 Å². The smallest absolute Gasteiger partial charge is 0.253 e. The van der Waals surface area contributed by atoms with Crippen LogP contribution in [0, 0.1) is 0 Å². The number of nitrogens with one attached hydrogen (secondary N) is 2. The fourth-order valence-electron chi connectivity index (χ4n) is 2.01. The Morgan fingerprint density at radius 3 is 2.61 bits per heavy atom. The fraction of sp³-hybridized carbons (Fsp3) is 0.278. The Kier molecular flexibility index (Phi) is 5.86. The van der Waals surface area contributed by atoms with Gasteiger partial charge in [0.15, 0.2) is 0 Å². The van der Waals surface area contributed by atoms with Crippen molar-refractivity contribution in [1.29, 1.82) is 0 Å². The van der Waals surface area contributed by atoms with Crippen molar-refractivity contribution in [1.82, 2.24) is 15.6 Å². The van der Waals surface area contributed by atoms with Gasteiger partial charge in [-0.3, -0.25) is 14.6 Å². The van der Waals surface area contributed by atoms with Gasteiger partial charge in [0.2, 0.25) is 0 Å². The lowest BCUT2D eigenvalue weighted by Gasteiger charge is -2.12. The molecule has 23 heavy (non-hydrogen) atoms. The zero-order valence-corrected chi connectivity index (χ0v) is 13.4. The zero-order valence-electron chi connectivity index (χ0n) is 13.4. The molecular formula is C18H21N3O2. The van der Waals surface area contributed by atoms with Crippen LogP contribution in [0.1, 0.15) is 46.5 Å². The number of hydrogen-bond acceptors (Lipinski definition) is 3. The predicted molar refractivity (Wildman–Crippen MR) is 89.1 cm³/mol. The maximum atomic E-state index is 12.1. The highest BCUT2D eigenvalue weighted by atomic mass is 16.2. The van der Waals surface area contributed by atoms with Crippen LogP contribution in [0.25, 0.3) is 0 Å². The van der Waals surface area contributed by atoms with Crippen LogP contribution >= 0.6 is 0 Å². The number of nitrogens with zero attached hydrogens (tertiary/aromatic N) is 1. The van der Waals surface area contributed by atoms with Crippen molar-refractivity contribution in [2.45, 2.75) is 32.9 Å². The minimum atomic E-state index is -0.187. The summed E-state index contributed by atoms with van der Waals surface area (Å²) < 4.78 is 0. The Balaban J connectivity index is 1.97. The molecule has 0 saturated heterocycles. The molecule has 120 valence electrons. The van der Waals surface area contributed by atoms with Gasteiger partial charge in [0.25, 0.3) is 11.8 Å². The first-order valence-electron chi connectivity index (χ1n) is 7.68. The minimum Gasteiger partial charge on any atom is -0.350 e. The highest BCUT2D eigenvalue weighted by molar-refractivity contribution is 5.95. The van der Waals surface area contributed by atoms with Gasteiger partial charge in [0.1, 0.15) is 0 Å². The second-order valence-corrected chi connectivity index (χ2v) is 5.41. The molecule has 2 rings (SSSR count). The molecule has 1 heterocycles. The third-order valence-corrected chi connectivity index (χ3v) is 3.56. The van der Waals surface area contributed by atoms with Gasteiger partial charge in [-0.1, -0.05) is 19.1 Å². The fourth-order valence-corrected chi connectivity index (χ4v) is 2.01. The van der Waals surface area contributed by atoms with Crippen molar-refractivity contribution in [2.75, 3.05) is 0 Å². The van der Waals surface area contributed by atoms with Crippen LogP contribution in [0.5, 0.6) is 0 Å². The van der Waals surface area contributed by atoms with Gasteiger partial charge in [-0.25, -0.2) is 0 Å². The van der Waals surface area contributed by atoms with E-state index in [1.54, 1.807) is 30.5 Å². The Morgan fingerprint density at radius 2 is 1.91 bits per heavy atom. The molecule has 0 unspecified atom stereocenters. The van der Waals surface area contributed by atoms with E-state index in [-0.39, 0.29) is 17.9 Å². The summed E-state index contributed by atoms with van der Waals surface area (Å²) >= 11 is 0. The summed E-state index contributed by atoms with van der Waals surface area (Å²) in [7, 11) is 0. The molecule has 0 spiro atoms. The van der Waals surface area contributed by atoms with E-state index in [0.717, 1.165) is 12.0 Å². The second-order valence-electron chi connectivity index (χ2n) is 5.41. The van der Waals surface area contributed by atoms with Gasteiger partial charge in [-0.2, -0.15) is 0 Å². The number of hydrogen-bond donors (Lipinski definition) is 2. The maximum absolute atomic E-state index is 12.1. The Morgan fingerprint density at radius 1 is 1.13 bits per heavy atom. The van der Waals surface area contributed by atoms with E-state index in [0.29, 0.717) is 17.7 Å². The highest BCUT2D eigenvalue weighted by Crippen LogP contribution is 2.07. The largest absolute Gasteiger partial charge is 0.350 e. The molecule has 2 amide bonds. The number of amides is 2. The second kappa shape index (κ2) is 8.08. The molecule has 0 bridgehead atoms. The Bertz CT molecular complexity index is 671. The summed E-state index contributed by atoms with van der Waals surface area (Å²) in [6.07, 6.45) is 4.02. The molecule has 1 aromatic carbocycles.